The summed E-state index contributed by atoms with van der Waals surface area (Å²) in [6, 6.07) is 4.14. The molecule has 6 heteroatoms. The molecular weight excluding hydrogens is 381 g/mol. The average molecular weight is 396 g/mol. The van der Waals surface area contributed by atoms with Crippen molar-refractivity contribution in [3.05, 3.63) is 32.4 Å². The number of benzene rings is 1. The Morgan fingerprint density at radius 3 is 2.68 bits per heavy atom. The highest BCUT2D eigenvalue weighted by atomic mass is 127. The number of halogens is 2. The normalized spacial score (nSPS) is 11.9. The molecule has 1 aromatic carbocycles. The molecule has 0 radical (unpaired) electrons. The van der Waals surface area contributed by atoms with E-state index < -0.39 is 17.9 Å². The van der Waals surface area contributed by atoms with E-state index in [9.17, 15) is 9.59 Å². The van der Waals surface area contributed by atoms with E-state index in [-0.39, 0.29) is 0 Å². The maximum atomic E-state index is 12.0. The number of rotatable bonds is 6. The first kappa shape index (κ1) is 16.2. The zero-order valence-corrected chi connectivity index (χ0v) is 13.4. The number of hydrogen-bond acceptors (Lipinski definition) is 2. The molecule has 0 aliphatic carbocycles. The monoisotopic (exact) mass is 395 g/mol. The third-order valence-corrected chi connectivity index (χ3v) is 3.61. The summed E-state index contributed by atoms with van der Waals surface area (Å²) in [6.07, 6.45) is 2.04. The molecule has 1 rings (SSSR count). The molecule has 0 aliphatic heterocycles. The molecule has 1 amide bonds. The lowest BCUT2D eigenvalue weighted by molar-refractivity contribution is -0.139. The van der Waals surface area contributed by atoms with Crippen LogP contribution >= 0.6 is 34.2 Å². The van der Waals surface area contributed by atoms with E-state index in [2.05, 4.69) is 27.9 Å². The molecular formula is C13H15ClINO3. The number of aliphatic carboxylic acids is 1. The molecule has 104 valence electrons. The van der Waals surface area contributed by atoms with E-state index in [1.165, 1.54) is 0 Å². The van der Waals surface area contributed by atoms with E-state index in [0.717, 1.165) is 16.4 Å². The van der Waals surface area contributed by atoms with E-state index in [1.54, 1.807) is 18.2 Å². The van der Waals surface area contributed by atoms with Gasteiger partial charge >= 0.3 is 5.97 Å². The van der Waals surface area contributed by atoms with Crippen molar-refractivity contribution in [1.29, 1.82) is 0 Å². The highest BCUT2D eigenvalue weighted by molar-refractivity contribution is 14.1. The lowest BCUT2D eigenvalue weighted by atomic mass is 10.1. The summed E-state index contributed by atoms with van der Waals surface area (Å²) in [6.45, 7) is 1.97. The number of carboxylic acid groups (broad SMARTS) is 1. The van der Waals surface area contributed by atoms with Gasteiger partial charge in [0.1, 0.15) is 6.04 Å². The minimum absolute atomic E-state index is 0.296. The van der Waals surface area contributed by atoms with Crippen molar-refractivity contribution in [1.82, 2.24) is 5.32 Å². The Labute approximate surface area is 130 Å². The highest BCUT2D eigenvalue weighted by Crippen LogP contribution is 2.19. The SMILES string of the molecule is CCCCC(NC(=O)c1ccc(I)cc1Cl)C(=O)O. The number of unbranched alkanes of at least 4 members (excludes halogenated alkanes) is 1. The number of carboxylic acids is 1. The van der Waals surface area contributed by atoms with Gasteiger partial charge in [-0.15, -0.1) is 0 Å². The van der Waals surface area contributed by atoms with Gasteiger partial charge in [-0.3, -0.25) is 4.79 Å². The Bertz CT molecular complexity index is 479. The molecule has 4 nitrogen and oxygen atoms in total. The number of amides is 1. The molecule has 19 heavy (non-hydrogen) atoms. The van der Waals surface area contributed by atoms with Gasteiger partial charge in [0.15, 0.2) is 0 Å². The van der Waals surface area contributed by atoms with Crippen molar-refractivity contribution in [2.75, 3.05) is 0 Å². The second-order valence-electron chi connectivity index (χ2n) is 4.13. The summed E-state index contributed by atoms with van der Waals surface area (Å²) in [4.78, 5) is 23.1. The molecule has 0 saturated carbocycles. The van der Waals surface area contributed by atoms with Gasteiger partial charge in [0.25, 0.3) is 5.91 Å². The van der Waals surface area contributed by atoms with Crippen LogP contribution in [-0.2, 0) is 4.79 Å². The summed E-state index contributed by atoms with van der Waals surface area (Å²) < 4.78 is 0.917. The first-order valence-corrected chi connectivity index (χ1v) is 7.40. The van der Waals surface area contributed by atoms with Crippen LogP contribution in [0.25, 0.3) is 0 Å². The molecule has 1 unspecified atom stereocenters. The molecule has 0 heterocycles. The molecule has 0 fully saturated rings. The Morgan fingerprint density at radius 2 is 2.16 bits per heavy atom. The third kappa shape index (κ3) is 4.99. The first-order valence-electron chi connectivity index (χ1n) is 5.94. The van der Waals surface area contributed by atoms with Crippen molar-refractivity contribution in [2.45, 2.75) is 32.2 Å². The predicted octanol–water partition coefficient (Wildman–Crippen LogP) is 3.32. The van der Waals surface area contributed by atoms with Gasteiger partial charge in [-0.2, -0.15) is 0 Å². The Balaban J connectivity index is 2.78. The van der Waals surface area contributed by atoms with Gasteiger partial charge in [-0.25, -0.2) is 4.79 Å². The fourth-order valence-electron chi connectivity index (χ4n) is 1.58. The third-order valence-electron chi connectivity index (χ3n) is 2.63. The minimum atomic E-state index is -1.02. The van der Waals surface area contributed by atoms with Gasteiger partial charge in [0.2, 0.25) is 0 Å². The second kappa shape index (κ2) is 7.69. The minimum Gasteiger partial charge on any atom is -0.480 e. The quantitative estimate of drug-likeness (QED) is 0.726. The lowest BCUT2D eigenvalue weighted by Gasteiger charge is -2.14. The van der Waals surface area contributed by atoms with Crippen LogP contribution in [0.5, 0.6) is 0 Å². The first-order chi connectivity index (χ1) is 8.95. The van der Waals surface area contributed by atoms with Gasteiger partial charge in [-0.1, -0.05) is 31.4 Å². The average Bonchev–Trinajstić information content (AvgIpc) is 2.33. The maximum absolute atomic E-state index is 12.0. The van der Waals surface area contributed by atoms with E-state index in [0.29, 0.717) is 17.0 Å². The summed E-state index contributed by atoms with van der Waals surface area (Å²) in [5.74, 6) is -1.48. The van der Waals surface area contributed by atoms with Crippen LogP contribution in [0, 0.1) is 3.57 Å². The van der Waals surface area contributed by atoms with Gasteiger partial charge in [0.05, 0.1) is 10.6 Å². The van der Waals surface area contributed by atoms with Gasteiger partial charge < -0.3 is 10.4 Å². The number of hydrogen-bond donors (Lipinski definition) is 2. The van der Waals surface area contributed by atoms with Crippen LogP contribution in [-0.4, -0.2) is 23.0 Å². The molecule has 0 aromatic heterocycles. The van der Waals surface area contributed by atoms with Crippen LogP contribution in [0.1, 0.15) is 36.5 Å². The standard InChI is InChI=1S/C13H15ClINO3/c1-2-3-4-11(13(18)19)16-12(17)9-6-5-8(15)7-10(9)14/h5-7,11H,2-4H2,1H3,(H,16,17)(H,18,19). The second-order valence-corrected chi connectivity index (χ2v) is 5.78. The predicted molar refractivity (Wildman–Crippen MR) is 82.6 cm³/mol. The van der Waals surface area contributed by atoms with E-state index >= 15 is 0 Å². The summed E-state index contributed by atoms with van der Waals surface area (Å²) in [5.41, 5.74) is 0.296. The molecule has 0 spiro atoms. The summed E-state index contributed by atoms with van der Waals surface area (Å²) in [5, 5.41) is 11.9. The van der Waals surface area contributed by atoms with Crippen LogP contribution in [0.3, 0.4) is 0 Å². The fraction of sp³-hybridized carbons (Fsp3) is 0.385. The zero-order chi connectivity index (χ0) is 14.4. The largest absolute Gasteiger partial charge is 0.480 e. The number of carbonyl (C=O) groups is 2. The van der Waals surface area contributed by atoms with E-state index in [1.807, 2.05) is 6.92 Å². The summed E-state index contributed by atoms with van der Waals surface area (Å²) in [7, 11) is 0. The Kier molecular flexibility index (Phi) is 6.57. The molecule has 0 bridgehead atoms. The van der Waals surface area contributed by atoms with Gasteiger partial charge in [-0.05, 0) is 47.2 Å². The van der Waals surface area contributed by atoms with Crippen LogP contribution in [0.4, 0.5) is 0 Å². The fourth-order valence-corrected chi connectivity index (χ4v) is 2.52. The number of nitrogens with one attached hydrogen (secondary N) is 1. The van der Waals surface area contributed by atoms with Crippen LogP contribution in [0.15, 0.2) is 18.2 Å². The maximum Gasteiger partial charge on any atom is 0.326 e. The molecule has 0 saturated heterocycles. The molecule has 1 atom stereocenters. The van der Waals surface area contributed by atoms with Crippen molar-refractivity contribution in [3.63, 3.8) is 0 Å². The molecule has 2 N–H and O–H groups in total. The topological polar surface area (TPSA) is 66.4 Å². The van der Waals surface area contributed by atoms with Crippen LogP contribution < -0.4 is 5.32 Å². The number of carbonyl (C=O) groups excluding carboxylic acids is 1. The molecule has 0 aliphatic rings. The van der Waals surface area contributed by atoms with Crippen molar-refractivity contribution < 1.29 is 14.7 Å². The summed E-state index contributed by atoms with van der Waals surface area (Å²) >= 11 is 8.07. The zero-order valence-electron chi connectivity index (χ0n) is 10.5. The Hall–Kier alpha value is -0.820. The smallest absolute Gasteiger partial charge is 0.326 e. The van der Waals surface area contributed by atoms with Crippen molar-refractivity contribution >= 4 is 46.1 Å². The van der Waals surface area contributed by atoms with Crippen LogP contribution in [0.2, 0.25) is 5.02 Å². The Morgan fingerprint density at radius 1 is 1.47 bits per heavy atom. The van der Waals surface area contributed by atoms with Crippen molar-refractivity contribution in [3.8, 4) is 0 Å². The highest BCUT2D eigenvalue weighted by Gasteiger charge is 2.21. The lowest BCUT2D eigenvalue weighted by Crippen LogP contribution is -2.40. The van der Waals surface area contributed by atoms with Gasteiger partial charge in [0, 0.05) is 3.57 Å². The van der Waals surface area contributed by atoms with E-state index in [4.69, 9.17) is 16.7 Å². The van der Waals surface area contributed by atoms with Crippen molar-refractivity contribution in [2.24, 2.45) is 0 Å². The molecule has 1 aromatic rings.